The van der Waals surface area contributed by atoms with Gasteiger partial charge in [0.05, 0.1) is 6.54 Å². The monoisotopic (exact) mass is 361 g/mol. The van der Waals surface area contributed by atoms with Gasteiger partial charge in [-0.2, -0.15) is 0 Å². The summed E-state index contributed by atoms with van der Waals surface area (Å²) in [6.07, 6.45) is 11.6. The summed E-state index contributed by atoms with van der Waals surface area (Å²) in [6, 6.07) is 0.547. The summed E-state index contributed by atoms with van der Waals surface area (Å²) in [7, 11) is 0. The number of fused-ring (bicyclic) bond motifs is 1. The van der Waals surface area contributed by atoms with Gasteiger partial charge in [-0.05, 0) is 55.1 Å². The van der Waals surface area contributed by atoms with Crippen LogP contribution in [0.15, 0.2) is 23.2 Å². The van der Waals surface area contributed by atoms with Crippen LogP contribution in [0, 0.1) is 17.8 Å². The maximum Gasteiger partial charge on any atom is 0.231 e. The van der Waals surface area contributed by atoms with Gasteiger partial charge in [-0.1, -0.05) is 40.0 Å². The van der Waals surface area contributed by atoms with Crippen LogP contribution in [-0.2, 0) is 14.3 Å². The fourth-order valence-electron chi connectivity index (χ4n) is 5.11. The van der Waals surface area contributed by atoms with Gasteiger partial charge < -0.3 is 14.3 Å². The average molecular weight is 362 g/mol. The van der Waals surface area contributed by atoms with E-state index in [0.29, 0.717) is 31.2 Å². The third kappa shape index (κ3) is 4.33. The highest BCUT2D eigenvalue weighted by Crippen LogP contribution is 2.42. The molecule has 0 aromatic heterocycles. The first kappa shape index (κ1) is 19.5. The molecule has 0 bridgehead atoms. The predicted octanol–water partition coefficient (Wildman–Crippen LogP) is 4.66. The normalized spacial score (nSPS) is 29.8. The number of hydrogen-bond donors (Lipinski definition) is 0. The first-order chi connectivity index (χ1) is 12.7. The second-order valence-corrected chi connectivity index (χ2v) is 8.39. The molecular formula is C22H35NO3. The Morgan fingerprint density at radius 3 is 2.88 bits per heavy atom. The molecular weight excluding hydrogens is 326 g/mol. The fraction of sp³-hybridized carbons (Fsp3) is 0.773. The molecule has 0 saturated carbocycles. The highest BCUT2D eigenvalue weighted by atomic mass is 16.7. The maximum absolute atomic E-state index is 11.2. The van der Waals surface area contributed by atoms with Crippen molar-refractivity contribution in [1.82, 2.24) is 4.90 Å². The first-order valence-electron chi connectivity index (χ1n) is 10.5. The molecule has 4 unspecified atom stereocenters. The average Bonchev–Trinajstić information content (AvgIpc) is 3.23. The van der Waals surface area contributed by atoms with E-state index in [9.17, 15) is 4.79 Å². The number of ether oxygens (including phenoxy) is 2. The summed E-state index contributed by atoms with van der Waals surface area (Å²) in [5.41, 5.74) is 1.43. The zero-order chi connectivity index (χ0) is 18.5. The van der Waals surface area contributed by atoms with E-state index in [1.54, 1.807) is 0 Å². The van der Waals surface area contributed by atoms with Crippen LogP contribution in [0.3, 0.4) is 0 Å². The highest BCUT2D eigenvalue weighted by molar-refractivity contribution is 5.52. The van der Waals surface area contributed by atoms with Crippen LogP contribution in [0.5, 0.6) is 0 Å². The van der Waals surface area contributed by atoms with Crippen molar-refractivity contribution in [1.29, 1.82) is 0 Å². The van der Waals surface area contributed by atoms with Crippen molar-refractivity contribution in [2.75, 3.05) is 19.9 Å². The van der Waals surface area contributed by atoms with Crippen molar-refractivity contribution >= 4 is 6.29 Å². The molecule has 0 aromatic rings. The van der Waals surface area contributed by atoms with Gasteiger partial charge in [-0.25, -0.2) is 0 Å². The largest absolute Gasteiger partial charge is 0.454 e. The van der Waals surface area contributed by atoms with Gasteiger partial charge >= 0.3 is 0 Å². The topological polar surface area (TPSA) is 38.8 Å². The number of rotatable bonds is 9. The Labute approximate surface area is 158 Å². The molecule has 3 aliphatic rings. The van der Waals surface area contributed by atoms with Crippen molar-refractivity contribution in [3.05, 3.63) is 23.2 Å². The molecule has 4 heteroatoms. The van der Waals surface area contributed by atoms with Gasteiger partial charge in [-0.15, -0.1) is 0 Å². The molecule has 0 amide bonds. The van der Waals surface area contributed by atoms with E-state index < -0.39 is 0 Å². The number of allylic oxidation sites excluding steroid dienone is 2. The number of aldehydes is 1. The van der Waals surface area contributed by atoms with Gasteiger partial charge in [0.15, 0.2) is 11.5 Å². The summed E-state index contributed by atoms with van der Waals surface area (Å²) >= 11 is 0. The van der Waals surface area contributed by atoms with Crippen LogP contribution in [-0.4, -0.2) is 37.1 Å². The van der Waals surface area contributed by atoms with E-state index in [4.69, 9.17) is 9.47 Å². The maximum atomic E-state index is 11.2. The first-order valence-corrected chi connectivity index (χ1v) is 10.5. The number of carbonyl (C=O) groups excluding carboxylic acids is 1. The summed E-state index contributed by atoms with van der Waals surface area (Å²) in [4.78, 5) is 13.6. The lowest BCUT2D eigenvalue weighted by Crippen LogP contribution is -2.32. The Bertz CT molecular complexity index is 554. The number of carbonyl (C=O) groups is 1. The summed E-state index contributed by atoms with van der Waals surface area (Å²) in [5.74, 6) is 3.83. The highest BCUT2D eigenvalue weighted by Gasteiger charge is 2.39. The molecule has 0 aromatic carbocycles. The number of nitrogens with zero attached hydrogens (tertiary/aromatic N) is 1. The second kappa shape index (κ2) is 9.07. The Balaban J connectivity index is 1.69. The molecule has 2 saturated heterocycles. The Morgan fingerprint density at radius 2 is 2.15 bits per heavy atom. The third-order valence-corrected chi connectivity index (χ3v) is 6.29. The summed E-state index contributed by atoms with van der Waals surface area (Å²) < 4.78 is 11.5. The lowest BCUT2D eigenvalue weighted by Gasteiger charge is -2.26. The fourth-order valence-corrected chi connectivity index (χ4v) is 5.11. The lowest BCUT2D eigenvalue weighted by molar-refractivity contribution is -0.109. The zero-order valence-corrected chi connectivity index (χ0v) is 16.7. The van der Waals surface area contributed by atoms with Gasteiger partial charge in [0, 0.05) is 12.6 Å². The molecule has 26 heavy (non-hydrogen) atoms. The van der Waals surface area contributed by atoms with E-state index >= 15 is 0 Å². The Morgan fingerprint density at radius 1 is 1.31 bits per heavy atom. The van der Waals surface area contributed by atoms with Gasteiger partial charge in [-0.3, -0.25) is 4.90 Å². The molecule has 4 nitrogen and oxygen atoms in total. The van der Waals surface area contributed by atoms with Crippen molar-refractivity contribution in [2.24, 2.45) is 17.8 Å². The van der Waals surface area contributed by atoms with E-state index in [-0.39, 0.29) is 0 Å². The molecule has 4 atom stereocenters. The Kier molecular flexibility index (Phi) is 6.80. The van der Waals surface area contributed by atoms with Crippen LogP contribution >= 0.6 is 0 Å². The van der Waals surface area contributed by atoms with Crippen LogP contribution in [0.1, 0.15) is 65.7 Å². The van der Waals surface area contributed by atoms with Crippen molar-refractivity contribution in [2.45, 2.75) is 71.8 Å². The minimum atomic E-state index is 0.361. The zero-order valence-electron chi connectivity index (χ0n) is 16.7. The van der Waals surface area contributed by atoms with E-state index in [1.165, 1.54) is 31.3 Å². The van der Waals surface area contributed by atoms with Gasteiger partial charge in [0.25, 0.3) is 0 Å². The SMILES string of the molecule is CCCC1=C2OCOC2=CC(C2CC(CC(C)CCC)N(CC=O)C2)C1. The second-order valence-electron chi connectivity index (χ2n) is 8.39. The van der Waals surface area contributed by atoms with Crippen LogP contribution in [0.4, 0.5) is 0 Å². The molecule has 0 spiro atoms. The molecule has 2 aliphatic heterocycles. The molecule has 3 rings (SSSR count). The van der Waals surface area contributed by atoms with Crippen LogP contribution < -0.4 is 0 Å². The van der Waals surface area contributed by atoms with E-state index in [1.807, 2.05) is 0 Å². The van der Waals surface area contributed by atoms with Crippen molar-refractivity contribution in [3.63, 3.8) is 0 Å². The number of likely N-dealkylation sites (tertiary alicyclic amines) is 1. The van der Waals surface area contributed by atoms with Crippen LogP contribution in [0.2, 0.25) is 0 Å². The lowest BCUT2D eigenvalue weighted by atomic mass is 9.80. The molecule has 146 valence electrons. The Hall–Kier alpha value is -1.29. The third-order valence-electron chi connectivity index (χ3n) is 6.29. The summed E-state index contributed by atoms with van der Waals surface area (Å²) in [5, 5.41) is 0. The molecule has 0 N–H and O–H groups in total. The molecule has 0 radical (unpaired) electrons. The minimum absolute atomic E-state index is 0.361. The van der Waals surface area contributed by atoms with Crippen molar-refractivity contribution < 1.29 is 14.3 Å². The smallest absolute Gasteiger partial charge is 0.231 e. The van der Waals surface area contributed by atoms with E-state index in [2.05, 4.69) is 31.7 Å². The standard InChI is InChI=1S/C22H35NO3/c1-4-6-16(3)10-20-12-19(14-23(20)8-9-24)18-11-17(7-5-2)22-21(13-18)25-15-26-22/h9,13,16,18-20H,4-8,10-12,14-15H2,1-3H3. The van der Waals surface area contributed by atoms with Crippen molar-refractivity contribution in [3.8, 4) is 0 Å². The number of hydrogen-bond acceptors (Lipinski definition) is 4. The van der Waals surface area contributed by atoms with E-state index in [0.717, 1.165) is 49.5 Å². The minimum Gasteiger partial charge on any atom is -0.454 e. The summed E-state index contributed by atoms with van der Waals surface area (Å²) in [6.45, 7) is 8.81. The molecule has 2 heterocycles. The quantitative estimate of drug-likeness (QED) is 0.560. The molecule has 2 fully saturated rings. The predicted molar refractivity (Wildman–Crippen MR) is 103 cm³/mol. The van der Waals surface area contributed by atoms with Gasteiger partial charge in [0.2, 0.25) is 6.79 Å². The van der Waals surface area contributed by atoms with Gasteiger partial charge in [0.1, 0.15) is 6.29 Å². The van der Waals surface area contributed by atoms with Crippen LogP contribution in [0.25, 0.3) is 0 Å². The molecule has 1 aliphatic carbocycles.